The summed E-state index contributed by atoms with van der Waals surface area (Å²) in [5, 5.41) is 10.4. The average Bonchev–Trinajstić information content (AvgIpc) is 2.54. The van der Waals surface area contributed by atoms with Gasteiger partial charge in [0.25, 0.3) is 0 Å². The maximum atomic E-state index is 12.2. The van der Waals surface area contributed by atoms with Crippen molar-refractivity contribution in [3.63, 3.8) is 0 Å². The van der Waals surface area contributed by atoms with Gasteiger partial charge in [-0.25, -0.2) is 0 Å². The Morgan fingerprint density at radius 1 is 1.13 bits per heavy atom. The van der Waals surface area contributed by atoms with Gasteiger partial charge in [-0.2, -0.15) is 0 Å². The molecule has 23 heavy (non-hydrogen) atoms. The summed E-state index contributed by atoms with van der Waals surface area (Å²) < 4.78 is 5.84. The van der Waals surface area contributed by atoms with Crippen LogP contribution in [0.1, 0.15) is 41.8 Å². The highest BCUT2D eigenvalue weighted by molar-refractivity contribution is 5.96. The van der Waals surface area contributed by atoms with E-state index >= 15 is 0 Å². The van der Waals surface area contributed by atoms with Crippen LogP contribution in [0.15, 0.2) is 48.5 Å². The number of benzene rings is 2. The zero-order chi connectivity index (χ0) is 16.4. The first-order valence-corrected chi connectivity index (χ1v) is 7.78. The largest absolute Gasteiger partial charge is 0.507 e. The van der Waals surface area contributed by atoms with Crippen LogP contribution in [0, 0.1) is 0 Å². The second kappa shape index (κ2) is 5.92. The van der Waals surface area contributed by atoms with Crippen LogP contribution in [0.2, 0.25) is 0 Å². The van der Waals surface area contributed by atoms with Crippen molar-refractivity contribution in [2.24, 2.45) is 0 Å². The van der Waals surface area contributed by atoms with Gasteiger partial charge in [-0.3, -0.25) is 4.79 Å². The van der Waals surface area contributed by atoms with Gasteiger partial charge < -0.3 is 9.84 Å². The molecular weight excluding hydrogens is 288 g/mol. The molecule has 0 unspecified atom stereocenters. The lowest BCUT2D eigenvalue weighted by Crippen LogP contribution is -2.27. The van der Waals surface area contributed by atoms with Crippen LogP contribution in [0.25, 0.3) is 6.08 Å². The van der Waals surface area contributed by atoms with E-state index in [1.165, 1.54) is 0 Å². The monoisotopic (exact) mass is 308 g/mol. The van der Waals surface area contributed by atoms with E-state index in [9.17, 15) is 9.90 Å². The molecule has 2 aromatic rings. The van der Waals surface area contributed by atoms with Crippen molar-refractivity contribution in [2.75, 3.05) is 0 Å². The summed E-state index contributed by atoms with van der Waals surface area (Å²) >= 11 is 0. The highest BCUT2D eigenvalue weighted by Gasteiger charge is 2.24. The lowest BCUT2D eigenvalue weighted by molar-refractivity contribution is 0.0982. The molecule has 118 valence electrons. The van der Waals surface area contributed by atoms with E-state index in [-0.39, 0.29) is 17.1 Å². The summed E-state index contributed by atoms with van der Waals surface area (Å²) in [6, 6.07) is 12.9. The van der Waals surface area contributed by atoms with E-state index in [1.54, 1.807) is 0 Å². The molecule has 0 amide bonds. The first-order valence-electron chi connectivity index (χ1n) is 7.78. The fraction of sp³-hybridized carbons (Fsp3) is 0.250. The zero-order valence-electron chi connectivity index (χ0n) is 13.4. The number of phenolic OH excluding ortho intramolecular Hbond substituents is 1. The minimum Gasteiger partial charge on any atom is -0.507 e. The molecule has 0 aromatic heterocycles. The van der Waals surface area contributed by atoms with Crippen molar-refractivity contribution in [3.05, 3.63) is 65.2 Å². The first kappa shape index (κ1) is 15.3. The maximum absolute atomic E-state index is 12.2. The molecule has 0 spiro atoms. The number of hydrogen-bond donors (Lipinski definition) is 1. The Hall–Kier alpha value is -2.55. The van der Waals surface area contributed by atoms with Crippen molar-refractivity contribution < 1.29 is 14.6 Å². The summed E-state index contributed by atoms with van der Waals surface area (Å²) in [7, 11) is 0. The Morgan fingerprint density at radius 2 is 1.87 bits per heavy atom. The summed E-state index contributed by atoms with van der Waals surface area (Å²) in [5.41, 5.74) is 1.79. The van der Waals surface area contributed by atoms with Crippen molar-refractivity contribution in [1.29, 1.82) is 0 Å². The van der Waals surface area contributed by atoms with Gasteiger partial charge in [-0.1, -0.05) is 36.4 Å². The van der Waals surface area contributed by atoms with Crippen LogP contribution in [-0.2, 0) is 6.42 Å². The lowest BCUT2D eigenvalue weighted by atomic mass is 9.96. The van der Waals surface area contributed by atoms with E-state index in [1.807, 2.05) is 68.5 Å². The van der Waals surface area contributed by atoms with Crippen LogP contribution >= 0.6 is 0 Å². The molecule has 0 fully saturated rings. The van der Waals surface area contributed by atoms with Gasteiger partial charge in [0, 0.05) is 12.0 Å². The number of carbonyl (C=O) groups excluding carboxylic acids is 1. The normalized spacial score (nSPS) is 14.9. The van der Waals surface area contributed by atoms with E-state index in [0.29, 0.717) is 29.7 Å². The van der Waals surface area contributed by atoms with Crippen molar-refractivity contribution in [3.8, 4) is 11.5 Å². The van der Waals surface area contributed by atoms with Crippen LogP contribution < -0.4 is 4.74 Å². The van der Waals surface area contributed by atoms with Crippen LogP contribution in [0.4, 0.5) is 0 Å². The fourth-order valence-electron chi connectivity index (χ4n) is 2.70. The zero-order valence-corrected chi connectivity index (χ0v) is 13.4. The molecule has 0 saturated carbocycles. The smallest absolute Gasteiger partial charge is 0.163 e. The Labute approximate surface area is 136 Å². The molecule has 0 radical (unpaired) electrons. The molecule has 1 heterocycles. The predicted octanol–water partition coefficient (Wildman–Crippen LogP) is 4.39. The van der Waals surface area contributed by atoms with Crippen molar-refractivity contribution in [1.82, 2.24) is 0 Å². The van der Waals surface area contributed by atoms with Crippen LogP contribution in [0.3, 0.4) is 0 Å². The van der Waals surface area contributed by atoms with Gasteiger partial charge >= 0.3 is 0 Å². The predicted molar refractivity (Wildman–Crippen MR) is 90.9 cm³/mol. The van der Waals surface area contributed by atoms with E-state index < -0.39 is 0 Å². The Morgan fingerprint density at radius 3 is 2.61 bits per heavy atom. The second-order valence-corrected chi connectivity index (χ2v) is 6.31. The third kappa shape index (κ3) is 3.29. The van der Waals surface area contributed by atoms with Gasteiger partial charge in [0.15, 0.2) is 5.78 Å². The molecule has 1 N–H and O–H groups in total. The number of carbonyl (C=O) groups is 1. The standard InChI is InChI=1S/C20H20O3/c1-20(2)13-12-16-18(23-20)11-9-15(19(16)22)8-10-17(21)14-6-4-3-5-7-14/h3-7,9,11-13,22H,8,10H2,1-2H3. The number of aromatic hydroxyl groups is 1. The van der Waals surface area contributed by atoms with Crippen LogP contribution in [-0.4, -0.2) is 16.5 Å². The number of rotatable bonds is 4. The first-order chi connectivity index (χ1) is 11.0. The molecule has 3 nitrogen and oxygen atoms in total. The number of ketones is 1. The minimum absolute atomic E-state index is 0.0793. The molecule has 1 aliphatic heterocycles. The minimum atomic E-state index is -0.371. The van der Waals surface area contributed by atoms with Gasteiger partial charge in [-0.15, -0.1) is 0 Å². The third-order valence-corrected chi connectivity index (χ3v) is 4.00. The third-order valence-electron chi connectivity index (χ3n) is 4.00. The molecule has 0 bridgehead atoms. The van der Waals surface area contributed by atoms with Crippen molar-refractivity contribution in [2.45, 2.75) is 32.3 Å². The van der Waals surface area contributed by atoms with E-state index in [0.717, 1.165) is 5.56 Å². The maximum Gasteiger partial charge on any atom is 0.163 e. The van der Waals surface area contributed by atoms with Gasteiger partial charge in [0.05, 0.1) is 5.56 Å². The highest BCUT2D eigenvalue weighted by Crippen LogP contribution is 2.38. The highest BCUT2D eigenvalue weighted by atomic mass is 16.5. The molecule has 0 atom stereocenters. The molecule has 3 rings (SSSR count). The number of hydrogen-bond acceptors (Lipinski definition) is 3. The summed E-state index contributed by atoms with van der Waals surface area (Å²) in [6.07, 6.45) is 4.68. The Balaban J connectivity index is 1.76. The number of aryl methyl sites for hydroxylation is 1. The Kier molecular flexibility index (Phi) is 3.95. The molecule has 0 aliphatic carbocycles. The number of Topliss-reactive ketones (excluding diaryl/α,β-unsaturated/α-hetero) is 1. The summed E-state index contributed by atoms with van der Waals surface area (Å²) in [4.78, 5) is 12.2. The average molecular weight is 308 g/mol. The van der Waals surface area contributed by atoms with Crippen molar-refractivity contribution >= 4 is 11.9 Å². The second-order valence-electron chi connectivity index (χ2n) is 6.31. The lowest BCUT2D eigenvalue weighted by Gasteiger charge is -2.28. The molecule has 1 aliphatic rings. The molecule has 2 aromatic carbocycles. The molecule has 0 saturated heterocycles. The quantitative estimate of drug-likeness (QED) is 0.852. The van der Waals surface area contributed by atoms with Gasteiger partial charge in [0.2, 0.25) is 0 Å². The number of phenols is 1. The Bertz CT molecular complexity index is 758. The topological polar surface area (TPSA) is 46.5 Å². The molecular formula is C20H20O3. The fourth-order valence-corrected chi connectivity index (χ4v) is 2.70. The van der Waals surface area contributed by atoms with E-state index in [2.05, 4.69) is 0 Å². The SMILES string of the molecule is CC1(C)C=Cc2c(ccc(CCC(=O)c3ccccc3)c2O)O1. The summed E-state index contributed by atoms with van der Waals surface area (Å²) in [6.45, 7) is 3.94. The van der Waals surface area contributed by atoms with Gasteiger partial charge in [0.1, 0.15) is 17.1 Å². The van der Waals surface area contributed by atoms with Gasteiger partial charge in [-0.05, 0) is 44.1 Å². The summed E-state index contributed by atoms with van der Waals surface area (Å²) in [5.74, 6) is 0.957. The van der Waals surface area contributed by atoms with Crippen LogP contribution in [0.5, 0.6) is 11.5 Å². The van der Waals surface area contributed by atoms with E-state index in [4.69, 9.17) is 4.74 Å². The molecule has 3 heteroatoms. The number of ether oxygens (including phenoxy) is 1. The number of fused-ring (bicyclic) bond motifs is 1.